The molecule has 3 aromatic rings. The van der Waals surface area contributed by atoms with Gasteiger partial charge in [0.2, 0.25) is 5.91 Å². The number of amides is 1. The van der Waals surface area contributed by atoms with Crippen molar-refractivity contribution in [1.29, 1.82) is 0 Å². The van der Waals surface area contributed by atoms with Crippen LogP contribution in [-0.4, -0.2) is 10.9 Å². The second kappa shape index (κ2) is 7.19. The lowest BCUT2D eigenvalue weighted by atomic mass is 9.87. The summed E-state index contributed by atoms with van der Waals surface area (Å²) in [6, 6.07) is 16.0. The third-order valence-corrected chi connectivity index (χ3v) is 5.01. The number of nitrogens with two attached hydrogens (primary N) is 1. The van der Waals surface area contributed by atoms with Gasteiger partial charge < -0.3 is 5.73 Å². The Bertz CT molecular complexity index is 919. The first kappa shape index (κ1) is 17.4. The Kier molecular flexibility index (Phi) is 5.00. The van der Waals surface area contributed by atoms with Crippen molar-refractivity contribution in [3.05, 3.63) is 87.7 Å². The largest absolute Gasteiger partial charge is 0.366 e. The Morgan fingerprint density at radius 2 is 1.84 bits per heavy atom. The van der Waals surface area contributed by atoms with E-state index < -0.39 is 5.91 Å². The molecule has 3 nitrogen and oxygen atoms in total. The van der Waals surface area contributed by atoms with Gasteiger partial charge in [0.05, 0.1) is 0 Å². The first-order valence-electron chi connectivity index (χ1n) is 8.07. The number of hydrogen-bond acceptors (Lipinski definition) is 2. The van der Waals surface area contributed by atoms with E-state index in [2.05, 4.69) is 46.0 Å². The van der Waals surface area contributed by atoms with Gasteiger partial charge in [-0.3, -0.25) is 9.78 Å². The molecule has 1 aromatic heterocycles. The molecule has 1 unspecified atom stereocenters. The summed E-state index contributed by atoms with van der Waals surface area (Å²) in [7, 11) is 0. The van der Waals surface area contributed by atoms with E-state index in [1.165, 1.54) is 0 Å². The van der Waals surface area contributed by atoms with E-state index in [1.54, 1.807) is 6.20 Å². The van der Waals surface area contributed by atoms with Crippen LogP contribution in [0.25, 0.3) is 11.1 Å². The van der Waals surface area contributed by atoms with Crippen LogP contribution in [0.1, 0.15) is 39.9 Å². The zero-order valence-electron chi connectivity index (χ0n) is 14.2. The lowest BCUT2D eigenvalue weighted by Gasteiger charge is -2.18. The minimum absolute atomic E-state index is 0.0534. The summed E-state index contributed by atoms with van der Waals surface area (Å²) in [6.07, 6.45) is 3.62. The van der Waals surface area contributed by atoms with E-state index in [0.29, 0.717) is 5.56 Å². The zero-order chi connectivity index (χ0) is 18.0. The number of carbonyl (C=O) groups is 1. The van der Waals surface area contributed by atoms with Crippen LogP contribution in [0.5, 0.6) is 0 Å². The molecule has 0 fully saturated rings. The van der Waals surface area contributed by atoms with Crippen LogP contribution >= 0.6 is 15.9 Å². The summed E-state index contributed by atoms with van der Waals surface area (Å²) in [5.41, 5.74) is 11.5. The SMILES string of the molecule is Cc1cnccc1-c1ccc(C(N)=O)c(C(C)c2ccc(Br)cc2)c1. The highest BCUT2D eigenvalue weighted by Gasteiger charge is 2.17. The number of rotatable bonds is 4. The Morgan fingerprint density at radius 3 is 2.48 bits per heavy atom. The van der Waals surface area contributed by atoms with Gasteiger partial charge in [0.15, 0.2) is 0 Å². The van der Waals surface area contributed by atoms with E-state index in [1.807, 2.05) is 43.5 Å². The van der Waals surface area contributed by atoms with Crippen molar-refractivity contribution >= 4 is 21.8 Å². The van der Waals surface area contributed by atoms with Gasteiger partial charge >= 0.3 is 0 Å². The summed E-state index contributed by atoms with van der Waals surface area (Å²) in [5.74, 6) is -0.352. The molecule has 0 aliphatic rings. The highest BCUT2D eigenvalue weighted by atomic mass is 79.9. The summed E-state index contributed by atoms with van der Waals surface area (Å²) in [4.78, 5) is 16.1. The fourth-order valence-corrected chi connectivity index (χ4v) is 3.31. The Morgan fingerprint density at radius 1 is 1.12 bits per heavy atom. The van der Waals surface area contributed by atoms with Crippen molar-refractivity contribution in [1.82, 2.24) is 4.98 Å². The molecule has 0 radical (unpaired) electrons. The van der Waals surface area contributed by atoms with Gasteiger partial charge in [-0.15, -0.1) is 0 Å². The smallest absolute Gasteiger partial charge is 0.248 e. The monoisotopic (exact) mass is 394 g/mol. The molecular weight excluding hydrogens is 376 g/mol. The molecule has 0 aliphatic heterocycles. The van der Waals surface area contributed by atoms with Crippen molar-refractivity contribution < 1.29 is 4.79 Å². The number of aryl methyl sites for hydroxylation is 1. The first-order chi connectivity index (χ1) is 12.0. The summed E-state index contributed by atoms with van der Waals surface area (Å²) in [5, 5.41) is 0. The van der Waals surface area contributed by atoms with Gasteiger partial charge in [-0.2, -0.15) is 0 Å². The quantitative estimate of drug-likeness (QED) is 0.671. The first-order valence-corrected chi connectivity index (χ1v) is 8.87. The maximum absolute atomic E-state index is 11.9. The molecule has 1 atom stereocenters. The molecule has 0 saturated heterocycles. The number of carbonyl (C=O) groups excluding carboxylic acids is 1. The maximum Gasteiger partial charge on any atom is 0.248 e. The third-order valence-electron chi connectivity index (χ3n) is 4.48. The number of benzene rings is 2. The van der Waals surface area contributed by atoms with E-state index >= 15 is 0 Å². The molecule has 0 saturated carbocycles. The number of hydrogen-bond donors (Lipinski definition) is 1. The zero-order valence-corrected chi connectivity index (χ0v) is 15.7. The van der Waals surface area contributed by atoms with Gasteiger partial charge in [-0.1, -0.05) is 41.1 Å². The molecule has 2 aromatic carbocycles. The molecule has 25 heavy (non-hydrogen) atoms. The van der Waals surface area contributed by atoms with Crippen molar-refractivity contribution in [3.63, 3.8) is 0 Å². The molecule has 1 heterocycles. The highest BCUT2D eigenvalue weighted by Crippen LogP contribution is 2.32. The van der Waals surface area contributed by atoms with Gasteiger partial charge in [-0.05, 0) is 65.1 Å². The molecular formula is C21H19BrN2O. The van der Waals surface area contributed by atoms with Crippen LogP contribution in [0, 0.1) is 6.92 Å². The summed E-state index contributed by atoms with van der Waals surface area (Å²) >= 11 is 3.46. The number of pyridine rings is 1. The molecule has 0 bridgehead atoms. The van der Waals surface area contributed by atoms with Gasteiger partial charge in [0.1, 0.15) is 0 Å². The highest BCUT2D eigenvalue weighted by molar-refractivity contribution is 9.10. The van der Waals surface area contributed by atoms with Gasteiger partial charge in [0.25, 0.3) is 0 Å². The third kappa shape index (κ3) is 3.64. The molecule has 0 spiro atoms. The van der Waals surface area contributed by atoms with Gasteiger partial charge in [0, 0.05) is 28.3 Å². The average Bonchev–Trinajstić information content (AvgIpc) is 2.61. The van der Waals surface area contributed by atoms with E-state index in [0.717, 1.165) is 32.3 Å². The second-order valence-electron chi connectivity index (χ2n) is 6.13. The molecule has 0 aliphatic carbocycles. The summed E-state index contributed by atoms with van der Waals surface area (Å²) in [6.45, 7) is 4.12. The van der Waals surface area contributed by atoms with Crippen molar-refractivity contribution in [3.8, 4) is 11.1 Å². The average molecular weight is 395 g/mol. The molecule has 4 heteroatoms. The van der Waals surface area contributed by atoms with Crippen LogP contribution in [0.15, 0.2) is 65.4 Å². The number of primary amides is 1. The summed E-state index contributed by atoms with van der Waals surface area (Å²) < 4.78 is 1.03. The number of aromatic nitrogens is 1. The van der Waals surface area contributed by atoms with E-state index in [-0.39, 0.29) is 5.92 Å². The lowest BCUT2D eigenvalue weighted by molar-refractivity contribution is 0.0999. The topological polar surface area (TPSA) is 56.0 Å². The lowest BCUT2D eigenvalue weighted by Crippen LogP contribution is -2.15. The van der Waals surface area contributed by atoms with Crippen molar-refractivity contribution in [2.45, 2.75) is 19.8 Å². The predicted octanol–water partition coefficient (Wildman–Crippen LogP) is 5.07. The van der Waals surface area contributed by atoms with Crippen LogP contribution in [0.2, 0.25) is 0 Å². The molecule has 2 N–H and O–H groups in total. The van der Waals surface area contributed by atoms with E-state index in [4.69, 9.17) is 5.73 Å². The Balaban J connectivity index is 2.12. The van der Waals surface area contributed by atoms with Crippen molar-refractivity contribution in [2.75, 3.05) is 0 Å². The maximum atomic E-state index is 11.9. The van der Waals surface area contributed by atoms with Gasteiger partial charge in [-0.25, -0.2) is 0 Å². The standard InChI is InChI=1S/C21H19BrN2O/c1-13-12-24-10-9-18(13)16-5-8-19(21(23)25)20(11-16)14(2)15-3-6-17(22)7-4-15/h3-12,14H,1-2H3,(H2,23,25). The second-order valence-corrected chi connectivity index (χ2v) is 7.05. The van der Waals surface area contributed by atoms with Crippen LogP contribution in [0.3, 0.4) is 0 Å². The minimum Gasteiger partial charge on any atom is -0.366 e. The normalized spacial score (nSPS) is 12.0. The van der Waals surface area contributed by atoms with Crippen LogP contribution < -0.4 is 5.73 Å². The Labute approximate surface area is 156 Å². The molecule has 1 amide bonds. The van der Waals surface area contributed by atoms with Crippen molar-refractivity contribution in [2.24, 2.45) is 5.73 Å². The Hall–Kier alpha value is -2.46. The van der Waals surface area contributed by atoms with Crippen LogP contribution in [-0.2, 0) is 0 Å². The minimum atomic E-state index is -0.406. The number of halogens is 1. The fraction of sp³-hybridized carbons (Fsp3) is 0.143. The van der Waals surface area contributed by atoms with Crippen LogP contribution in [0.4, 0.5) is 0 Å². The number of nitrogens with zero attached hydrogens (tertiary/aromatic N) is 1. The molecule has 126 valence electrons. The molecule has 3 rings (SSSR count). The fourth-order valence-electron chi connectivity index (χ4n) is 3.04. The predicted molar refractivity (Wildman–Crippen MR) is 105 cm³/mol. The van der Waals surface area contributed by atoms with E-state index in [9.17, 15) is 4.79 Å².